The molecule has 0 saturated carbocycles. The van der Waals surface area contributed by atoms with Crippen molar-refractivity contribution in [3.05, 3.63) is 0 Å². The summed E-state index contributed by atoms with van der Waals surface area (Å²) in [6.45, 7) is 1.93. The number of rotatable bonds is 5. The van der Waals surface area contributed by atoms with E-state index in [0.29, 0.717) is 0 Å². The maximum absolute atomic E-state index is 10.3. The van der Waals surface area contributed by atoms with E-state index in [0.717, 1.165) is 7.11 Å². The highest BCUT2D eigenvalue weighted by Crippen LogP contribution is 2.15. The van der Waals surface area contributed by atoms with Crippen LogP contribution in [0.1, 0.15) is 19.8 Å². The number of aliphatic hydroxyl groups is 3. The molecule has 108 valence electrons. The van der Waals surface area contributed by atoms with Gasteiger partial charge in [0.15, 0.2) is 5.60 Å². The quantitative estimate of drug-likeness (QED) is 0.342. The molecule has 0 unspecified atom stereocenters. The molecule has 0 atom stereocenters. The molecule has 0 saturated heterocycles. The Bertz CT molecular complexity index is 245. The molecule has 0 fully saturated rings. The summed E-state index contributed by atoms with van der Waals surface area (Å²) >= 11 is 0. The lowest BCUT2D eigenvalue weighted by molar-refractivity contribution is -0.170. The number of carboxylic acids is 3. The number of aliphatic hydroxyl groups excluding tert-OH is 2. The Morgan fingerprint density at radius 3 is 1.28 bits per heavy atom. The Morgan fingerprint density at radius 2 is 1.17 bits per heavy atom. The summed E-state index contributed by atoms with van der Waals surface area (Å²) in [5.74, 6) is -5.02. The van der Waals surface area contributed by atoms with E-state index in [1.807, 2.05) is 0 Å². The summed E-state index contributed by atoms with van der Waals surface area (Å²) in [4.78, 5) is 30.5. The van der Waals surface area contributed by atoms with E-state index in [2.05, 4.69) is 0 Å². The second-order valence-electron chi connectivity index (χ2n) is 2.79. The lowest BCUT2D eigenvalue weighted by Gasteiger charge is -2.18. The largest absolute Gasteiger partial charge is 0.481 e. The average Bonchev–Trinajstić information content (AvgIpc) is 2.19. The summed E-state index contributed by atoms with van der Waals surface area (Å²) in [5.41, 5.74) is -2.74. The van der Waals surface area contributed by atoms with E-state index in [1.165, 1.54) is 0 Å². The molecule has 0 rings (SSSR count). The Balaban J connectivity index is -0.000000389. The van der Waals surface area contributed by atoms with Gasteiger partial charge in [0.05, 0.1) is 12.8 Å². The third kappa shape index (κ3) is 12.4. The minimum absolute atomic E-state index is 0.250. The van der Waals surface area contributed by atoms with Crippen molar-refractivity contribution >= 4 is 17.9 Å². The molecular weight excluding hydrogens is 252 g/mol. The number of aliphatic carboxylic acids is 3. The van der Waals surface area contributed by atoms with Crippen LogP contribution in [0.5, 0.6) is 0 Å². The molecule has 0 heterocycles. The van der Waals surface area contributed by atoms with E-state index < -0.39 is 36.4 Å². The van der Waals surface area contributed by atoms with Crippen LogP contribution >= 0.6 is 0 Å². The molecule has 0 aliphatic carbocycles. The van der Waals surface area contributed by atoms with E-state index in [9.17, 15) is 14.4 Å². The molecule has 0 aromatic rings. The van der Waals surface area contributed by atoms with Crippen LogP contribution in [0.25, 0.3) is 0 Å². The Kier molecular flexibility index (Phi) is 14.1. The van der Waals surface area contributed by atoms with Crippen LogP contribution in [0.4, 0.5) is 0 Å². The molecule has 6 N–H and O–H groups in total. The molecule has 0 aliphatic rings. The monoisotopic (exact) mass is 270 g/mol. The van der Waals surface area contributed by atoms with Crippen molar-refractivity contribution in [2.75, 3.05) is 13.7 Å². The SMILES string of the molecule is CCO.CO.O=C(O)CC(O)(CC(=O)O)C(=O)O. The van der Waals surface area contributed by atoms with Gasteiger partial charge in [-0.3, -0.25) is 9.59 Å². The van der Waals surface area contributed by atoms with Crippen LogP contribution < -0.4 is 0 Å². The van der Waals surface area contributed by atoms with Crippen LogP contribution in [0.15, 0.2) is 0 Å². The van der Waals surface area contributed by atoms with Gasteiger partial charge in [0.1, 0.15) is 0 Å². The van der Waals surface area contributed by atoms with Gasteiger partial charge in [0.25, 0.3) is 0 Å². The predicted molar refractivity (Wildman–Crippen MR) is 58.0 cm³/mol. The van der Waals surface area contributed by atoms with Gasteiger partial charge in [0, 0.05) is 13.7 Å². The summed E-state index contributed by atoms with van der Waals surface area (Å²) < 4.78 is 0. The second kappa shape index (κ2) is 11.8. The highest BCUT2D eigenvalue weighted by atomic mass is 16.4. The highest BCUT2D eigenvalue weighted by molar-refractivity contribution is 5.88. The fraction of sp³-hybridized carbons (Fsp3) is 0.667. The molecule has 9 heteroatoms. The van der Waals surface area contributed by atoms with E-state index in [-0.39, 0.29) is 6.61 Å². The van der Waals surface area contributed by atoms with Gasteiger partial charge >= 0.3 is 17.9 Å². The standard InChI is InChI=1S/C6H8O7.C2H6O.CH4O/c7-3(8)1-6(13,5(11)12)2-4(9)10;1-2-3;1-2/h13H,1-2H2,(H,7,8)(H,9,10)(H,11,12);3H,2H2,1H3;2H,1H3. The normalized spacial score (nSPS) is 9.17. The second-order valence-corrected chi connectivity index (χ2v) is 2.79. The van der Waals surface area contributed by atoms with Crippen LogP contribution in [0, 0.1) is 0 Å². The maximum Gasteiger partial charge on any atom is 0.336 e. The van der Waals surface area contributed by atoms with Gasteiger partial charge in [-0.1, -0.05) is 0 Å². The smallest absolute Gasteiger partial charge is 0.336 e. The number of carbonyl (C=O) groups is 3. The molecule has 18 heavy (non-hydrogen) atoms. The van der Waals surface area contributed by atoms with Crippen molar-refractivity contribution in [2.45, 2.75) is 25.4 Å². The van der Waals surface area contributed by atoms with Gasteiger partial charge < -0.3 is 30.6 Å². The Labute approximate surface area is 103 Å². The predicted octanol–water partition coefficient (Wildman–Crippen LogP) is -1.64. The molecule has 0 aliphatic heterocycles. The molecule has 0 amide bonds. The third-order valence-electron chi connectivity index (χ3n) is 1.29. The lowest BCUT2D eigenvalue weighted by Crippen LogP contribution is -2.42. The summed E-state index contributed by atoms with van der Waals surface area (Å²) in [6.07, 6.45) is -2.29. The Morgan fingerprint density at radius 1 is 0.944 bits per heavy atom. The minimum Gasteiger partial charge on any atom is -0.481 e. The Hall–Kier alpha value is -1.71. The zero-order chi connectivity index (χ0) is 15.4. The number of hydrogen-bond acceptors (Lipinski definition) is 6. The van der Waals surface area contributed by atoms with Crippen LogP contribution in [0.2, 0.25) is 0 Å². The maximum atomic E-state index is 10.3. The summed E-state index contributed by atoms with van der Waals surface area (Å²) in [7, 11) is 1.00. The molecule has 9 nitrogen and oxygen atoms in total. The molecular formula is C9H18O9. The zero-order valence-electron chi connectivity index (χ0n) is 10.0. The van der Waals surface area contributed by atoms with Crippen molar-refractivity contribution in [3.63, 3.8) is 0 Å². The van der Waals surface area contributed by atoms with Crippen LogP contribution in [-0.4, -0.2) is 67.9 Å². The lowest BCUT2D eigenvalue weighted by atomic mass is 9.96. The summed E-state index contributed by atoms with van der Waals surface area (Å²) in [6, 6.07) is 0. The van der Waals surface area contributed by atoms with Crippen LogP contribution in [-0.2, 0) is 14.4 Å². The first-order valence-electron chi connectivity index (χ1n) is 4.64. The van der Waals surface area contributed by atoms with Crippen LogP contribution in [0.3, 0.4) is 0 Å². The molecule has 0 bridgehead atoms. The molecule has 0 aromatic heterocycles. The van der Waals surface area contributed by atoms with E-state index in [4.69, 9.17) is 30.6 Å². The highest BCUT2D eigenvalue weighted by Gasteiger charge is 2.40. The van der Waals surface area contributed by atoms with Gasteiger partial charge in [-0.2, -0.15) is 0 Å². The number of hydrogen-bond donors (Lipinski definition) is 6. The van der Waals surface area contributed by atoms with Gasteiger partial charge in [0.2, 0.25) is 0 Å². The van der Waals surface area contributed by atoms with Gasteiger partial charge in [-0.05, 0) is 6.92 Å². The van der Waals surface area contributed by atoms with Crippen molar-refractivity contribution in [2.24, 2.45) is 0 Å². The molecule has 0 spiro atoms. The van der Waals surface area contributed by atoms with E-state index >= 15 is 0 Å². The van der Waals surface area contributed by atoms with Crippen molar-refractivity contribution in [1.82, 2.24) is 0 Å². The first-order valence-corrected chi connectivity index (χ1v) is 4.64. The van der Waals surface area contributed by atoms with Crippen molar-refractivity contribution < 1.29 is 45.0 Å². The van der Waals surface area contributed by atoms with Gasteiger partial charge in [-0.15, -0.1) is 0 Å². The van der Waals surface area contributed by atoms with Crippen molar-refractivity contribution in [1.29, 1.82) is 0 Å². The third-order valence-corrected chi connectivity index (χ3v) is 1.29. The van der Waals surface area contributed by atoms with Gasteiger partial charge in [-0.25, -0.2) is 4.79 Å². The first kappa shape index (κ1) is 21.6. The fourth-order valence-electron chi connectivity index (χ4n) is 0.714. The topological polar surface area (TPSA) is 173 Å². The average molecular weight is 270 g/mol. The minimum atomic E-state index is -2.74. The fourth-order valence-corrected chi connectivity index (χ4v) is 0.714. The van der Waals surface area contributed by atoms with Crippen molar-refractivity contribution in [3.8, 4) is 0 Å². The zero-order valence-corrected chi connectivity index (χ0v) is 10.0. The molecule has 0 radical (unpaired) electrons. The molecule has 0 aromatic carbocycles. The first-order chi connectivity index (χ1) is 8.19. The summed E-state index contributed by atoms with van der Waals surface area (Å²) in [5, 5.41) is 48.4. The number of carboxylic acid groups (broad SMARTS) is 3. The van der Waals surface area contributed by atoms with E-state index in [1.54, 1.807) is 6.92 Å².